The van der Waals surface area contributed by atoms with E-state index in [1.54, 1.807) is 11.0 Å². The lowest BCUT2D eigenvalue weighted by atomic mass is 10.2. The highest BCUT2D eigenvalue weighted by Gasteiger charge is 2.37. The van der Waals surface area contributed by atoms with Crippen molar-refractivity contribution >= 4 is 54.8 Å². The van der Waals surface area contributed by atoms with Crippen LogP contribution < -0.4 is 9.62 Å². The van der Waals surface area contributed by atoms with Crippen LogP contribution in [0.25, 0.3) is 0 Å². The molecule has 5 nitrogen and oxygen atoms in total. The average molecular weight is 524 g/mol. The van der Waals surface area contributed by atoms with E-state index >= 15 is 0 Å². The van der Waals surface area contributed by atoms with Gasteiger partial charge in [0.2, 0.25) is 5.91 Å². The van der Waals surface area contributed by atoms with Gasteiger partial charge in [-0.1, -0.05) is 11.6 Å². The number of rotatable bonds is 4. The monoisotopic (exact) mass is 522 g/mol. The van der Waals surface area contributed by atoms with E-state index in [9.17, 15) is 26.4 Å². The fourth-order valence-corrected chi connectivity index (χ4v) is 5.75. The van der Waals surface area contributed by atoms with E-state index in [1.165, 1.54) is 6.07 Å². The van der Waals surface area contributed by atoms with Crippen molar-refractivity contribution < 1.29 is 26.4 Å². The molecule has 1 aliphatic heterocycles. The molecule has 160 valence electrons. The van der Waals surface area contributed by atoms with Gasteiger partial charge in [0, 0.05) is 22.6 Å². The van der Waals surface area contributed by atoms with Gasteiger partial charge >= 0.3 is 6.18 Å². The summed E-state index contributed by atoms with van der Waals surface area (Å²) < 4.78 is 67.3. The lowest BCUT2D eigenvalue weighted by molar-refractivity contribution is -0.137. The van der Waals surface area contributed by atoms with Gasteiger partial charge in [0.05, 0.1) is 16.3 Å². The van der Waals surface area contributed by atoms with Gasteiger partial charge in [-0.15, -0.1) is 0 Å². The first-order valence-corrected chi connectivity index (χ1v) is 11.7. The van der Waals surface area contributed by atoms with Gasteiger partial charge in [0.15, 0.2) is 0 Å². The van der Waals surface area contributed by atoms with E-state index < -0.39 is 21.8 Å². The summed E-state index contributed by atoms with van der Waals surface area (Å²) in [6, 6.07) is 5.39. The Kier molecular flexibility index (Phi) is 5.31. The van der Waals surface area contributed by atoms with Gasteiger partial charge in [0.25, 0.3) is 10.0 Å². The van der Waals surface area contributed by atoms with Crippen LogP contribution in [-0.4, -0.2) is 20.9 Å². The Labute approximate surface area is 184 Å². The molecule has 0 spiro atoms. The van der Waals surface area contributed by atoms with Crippen LogP contribution in [0.15, 0.2) is 39.7 Å². The lowest BCUT2D eigenvalue weighted by Crippen LogP contribution is -2.30. The Balaban J connectivity index is 1.70. The molecule has 0 saturated heterocycles. The third kappa shape index (κ3) is 4.04. The van der Waals surface area contributed by atoms with Crippen molar-refractivity contribution in [3.8, 4) is 0 Å². The van der Waals surface area contributed by atoms with E-state index in [2.05, 4.69) is 20.7 Å². The summed E-state index contributed by atoms with van der Waals surface area (Å²) in [5.41, 5.74) is -0.0823. The molecule has 1 fully saturated rings. The highest BCUT2D eigenvalue weighted by atomic mass is 79.9. The number of carbonyl (C=O) groups is 1. The predicted molar refractivity (Wildman–Crippen MR) is 110 cm³/mol. The van der Waals surface area contributed by atoms with Crippen molar-refractivity contribution in [2.24, 2.45) is 5.92 Å². The maximum atomic E-state index is 13.0. The summed E-state index contributed by atoms with van der Waals surface area (Å²) in [4.78, 5) is 13.9. The zero-order valence-corrected chi connectivity index (χ0v) is 18.4. The molecule has 0 atom stereocenters. The second-order valence-electron chi connectivity index (χ2n) is 7.22. The van der Waals surface area contributed by atoms with Crippen molar-refractivity contribution in [1.82, 2.24) is 0 Å². The van der Waals surface area contributed by atoms with Crippen molar-refractivity contribution in [2.75, 3.05) is 16.2 Å². The smallest absolute Gasteiger partial charge is 0.312 e. The van der Waals surface area contributed by atoms with Crippen molar-refractivity contribution in [3.63, 3.8) is 0 Å². The molecule has 1 amide bonds. The van der Waals surface area contributed by atoms with Gasteiger partial charge in [-0.05, 0) is 71.1 Å². The van der Waals surface area contributed by atoms with Crippen LogP contribution in [0.4, 0.5) is 24.5 Å². The number of benzene rings is 2. The summed E-state index contributed by atoms with van der Waals surface area (Å²) in [5.74, 6) is -0.0602. The minimum absolute atomic E-state index is 0.0262. The maximum Gasteiger partial charge on any atom is 0.416 e. The molecule has 0 bridgehead atoms. The number of hydrogen-bond donors (Lipinski definition) is 1. The van der Waals surface area contributed by atoms with Crippen molar-refractivity contribution in [1.29, 1.82) is 0 Å². The van der Waals surface area contributed by atoms with Gasteiger partial charge in [-0.25, -0.2) is 8.42 Å². The fourth-order valence-electron chi connectivity index (χ4n) is 3.35. The summed E-state index contributed by atoms with van der Waals surface area (Å²) >= 11 is 9.15. The van der Waals surface area contributed by atoms with Crippen LogP contribution in [0.5, 0.6) is 0 Å². The second kappa shape index (κ2) is 7.42. The number of amides is 1. The Morgan fingerprint density at radius 1 is 1.20 bits per heavy atom. The molecule has 0 aromatic heterocycles. The lowest BCUT2D eigenvalue weighted by Gasteiger charge is -2.19. The molecule has 11 heteroatoms. The normalized spacial score (nSPS) is 16.5. The highest BCUT2D eigenvalue weighted by molar-refractivity contribution is 9.10. The molecular weight excluding hydrogens is 509 g/mol. The quantitative estimate of drug-likeness (QED) is 0.597. The van der Waals surface area contributed by atoms with E-state index in [0.29, 0.717) is 24.7 Å². The first kappa shape index (κ1) is 21.5. The standard InChI is InChI=1S/C19H15BrClF3N2O3S/c20-13-7-11-5-6-26(18(27)10-1-2-10)16(11)9-17(13)30(28,29)25-15-8-12(19(22,23)24)3-4-14(15)21/h3-4,7-10,25H,1-2,5-6H2. The Hall–Kier alpha value is -1.78. The van der Waals surface area contributed by atoms with Crippen LogP contribution >= 0.6 is 27.5 Å². The third-order valence-electron chi connectivity index (χ3n) is 5.05. The highest BCUT2D eigenvalue weighted by Crippen LogP contribution is 2.40. The third-order valence-corrected chi connectivity index (χ3v) is 7.70. The molecule has 2 aromatic carbocycles. The molecule has 1 N–H and O–H groups in total. The largest absolute Gasteiger partial charge is 0.416 e. The number of anilines is 2. The zero-order chi connectivity index (χ0) is 21.8. The minimum Gasteiger partial charge on any atom is -0.312 e. The molecule has 0 radical (unpaired) electrons. The average Bonchev–Trinajstić information content (AvgIpc) is 3.41. The van der Waals surface area contributed by atoms with Gasteiger partial charge in [0.1, 0.15) is 4.90 Å². The van der Waals surface area contributed by atoms with E-state index in [-0.39, 0.29) is 31.9 Å². The summed E-state index contributed by atoms with van der Waals surface area (Å²) in [5, 5.41) is -0.172. The van der Waals surface area contributed by atoms with Crippen molar-refractivity contribution in [2.45, 2.75) is 30.3 Å². The molecular formula is C19H15BrClF3N2O3S. The summed E-state index contributed by atoms with van der Waals surface area (Å²) in [6.07, 6.45) is -2.41. The predicted octanol–water partition coefficient (Wildman–Crippen LogP) is 5.22. The summed E-state index contributed by atoms with van der Waals surface area (Å²) in [7, 11) is -4.29. The number of sulfonamides is 1. The molecule has 0 unspecified atom stereocenters. The van der Waals surface area contributed by atoms with Crippen LogP contribution in [0.2, 0.25) is 5.02 Å². The minimum atomic E-state index is -4.65. The molecule has 30 heavy (non-hydrogen) atoms. The van der Waals surface area contributed by atoms with Gasteiger partial charge in [-0.2, -0.15) is 13.2 Å². The number of hydrogen-bond acceptors (Lipinski definition) is 3. The topological polar surface area (TPSA) is 66.5 Å². The Bertz CT molecular complexity index is 1150. The number of nitrogens with one attached hydrogen (secondary N) is 1. The van der Waals surface area contributed by atoms with Gasteiger partial charge in [-0.3, -0.25) is 9.52 Å². The van der Waals surface area contributed by atoms with Crippen molar-refractivity contribution in [3.05, 3.63) is 51.0 Å². The Morgan fingerprint density at radius 3 is 2.53 bits per heavy atom. The molecule has 2 aromatic rings. The number of nitrogens with zero attached hydrogens (tertiary/aromatic N) is 1. The maximum absolute atomic E-state index is 13.0. The first-order valence-electron chi connectivity index (χ1n) is 9.01. The molecule has 4 rings (SSSR count). The van der Waals surface area contributed by atoms with Crippen LogP contribution in [0.3, 0.4) is 0 Å². The fraction of sp³-hybridized carbons (Fsp3) is 0.316. The molecule has 1 aliphatic carbocycles. The number of alkyl halides is 3. The molecule has 1 saturated carbocycles. The molecule has 1 heterocycles. The second-order valence-corrected chi connectivity index (χ2v) is 10.1. The van der Waals surface area contributed by atoms with Crippen LogP contribution in [0.1, 0.15) is 24.0 Å². The first-order chi connectivity index (χ1) is 14.0. The SMILES string of the molecule is O=C(C1CC1)N1CCc2cc(Br)c(S(=O)(=O)Nc3cc(C(F)(F)F)ccc3Cl)cc21. The van der Waals surface area contributed by atoms with E-state index in [4.69, 9.17) is 11.6 Å². The number of fused-ring (bicyclic) bond motifs is 1. The Morgan fingerprint density at radius 2 is 1.90 bits per heavy atom. The van der Waals surface area contributed by atoms with Crippen LogP contribution in [-0.2, 0) is 27.4 Å². The molecule has 2 aliphatic rings. The van der Waals surface area contributed by atoms with Crippen LogP contribution in [0, 0.1) is 5.92 Å². The zero-order valence-electron chi connectivity index (χ0n) is 15.3. The number of carbonyl (C=O) groups excluding carboxylic acids is 1. The summed E-state index contributed by atoms with van der Waals surface area (Å²) in [6.45, 7) is 0.466. The van der Waals surface area contributed by atoms with Gasteiger partial charge < -0.3 is 4.90 Å². The van der Waals surface area contributed by atoms with E-state index in [1.807, 2.05) is 0 Å². The van der Waals surface area contributed by atoms with E-state index in [0.717, 1.165) is 30.5 Å². The number of halogens is 5.